The first kappa shape index (κ1) is 22.4. The number of anilines is 1. The second-order valence-electron chi connectivity index (χ2n) is 9.40. The maximum Gasteiger partial charge on any atom is 0.329 e. The maximum atomic E-state index is 13.0. The van der Waals surface area contributed by atoms with Gasteiger partial charge in [0, 0.05) is 38.8 Å². The van der Waals surface area contributed by atoms with Crippen molar-refractivity contribution >= 4 is 28.5 Å². The van der Waals surface area contributed by atoms with Crippen LogP contribution >= 0.6 is 0 Å². The Morgan fingerprint density at radius 3 is 2.47 bits per heavy atom. The average molecular weight is 462 g/mol. The fraction of sp³-hybridized carbons (Fsp3) is 0.423. The van der Waals surface area contributed by atoms with Crippen molar-refractivity contribution in [3.8, 4) is 0 Å². The third kappa shape index (κ3) is 4.37. The van der Waals surface area contributed by atoms with Gasteiger partial charge >= 0.3 is 5.69 Å². The second kappa shape index (κ2) is 9.46. The number of benzene rings is 2. The largest absolute Gasteiger partial charge is 0.371 e. The topological polar surface area (TPSA) is 88.4 Å². The number of carbonyl (C=O) groups is 2. The van der Waals surface area contributed by atoms with Crippen LogP contribution in [-0.2, 0) is 23.2 Å². The molecule has 0 bridgehead atoms. The Kier molecular flexibility index (Phi) is 6.24. The summed E-state index contributed by atoms with van der Waals surface area (Å²) in [5.41, 5.74) is 3.71. The van der Waals surface area contributed by atoms with Crippen molar-refractivity contribution in [3.05, 3.63) is 64.6 Å². The zero-order chi connectivity index (χ0) is 23.7. The van der Waals surface area contributed by atoms with E-state index in [-0.39, 0.29) is 18.0 Å². The lowest BCUT2D eigenvalue weighted by Crippen LogP contribution is -2.44. The van der Waals surface area contributed by atoms with Gasteiger partial charge in [-0.1, -0.05) is 30.3 Å². The van der Waals surface area contributed by atoms with E-state index >= 15 is 0 Å². The quantitative estimate of drug-likeness (QED) is 0.550. The minimum absolute atomic E-state index is 0.232. The number of imidazole rings is 1. The summed E-state index contributed by atoms with van der Waals surface area (Å²) in [6, 6.07) is 15.8. The van der Waals surface area contributed by atoms with Crippen LogP contribution in [0, 0.1) is 5.92 Å². The number of fused-ring (bicyclic) bond motifs is 1. The van der Waals surface area contributed by atoms with E-state index in [2.05, 4.69) is 39.8 Å². The molecule has 0 aliphatic carbocycles. The molecule has 1 unspecified atom stereocenters. The van der Waals surface area contributed by atoms with Crippen LogP contribution in [0.2, 0.25) is 0 Å². The van der Waals surface area contributed by atoms with Gasteiger partial charge in [-0.2, -0.15) is 0 Å². The standard InChI is InChI=1S/C26H31N5O3/c1-29-23-15-20(7-8-21(23)31(26(29)34)22-9-10-24(32)28-25(22)33)30-13-11-19(12-14-30)17-27-16-18-5-3-2-4-6-18/h2-8,15,19,22,27H,9-14,16-17H2,1H3,(H,28,32,33). The van der Waals surface area contributed by atoms with E-state index in [0.717, 1.165) is 55.7 Å². The molecule has 5 rings (SSSR count). The molecule has 178 valence electrons. The number of rotatable bonds is 6. The molecule has 2 amide bonds. The van der Waals surface area contributed by atoms with Gasteiger partial charge in [-0.05, 0) is 55.5 Å². The molecule has 2 aliphatic heterocycles. The maximum absolute atomic E-state index is 13.0. The minimum atomic E-state index is -0.654. The van der Waals surface area contributed by atoms with E-state index in [1.165, 1.54) is 10.1 Å². The van der Waals surface area contributed by atoms with E-state index in [4.69, 9.17) is 0 Å². The molecule has 8 heteroatoms. The second-order valence-corrected chi connectivity index (χ2v) is 9.40. The van der Waals surface area contributed by atoms with Crippen molar-refractivity contribution in [1.29, 1.82) is 0 Å². The Morgan fingerprint density at radius 2 is 1.74 bits per heavy atom. The van der Waals surface area contributed by atoms with Gasteiger partial charge in [0.1, 0.15) is 6.04 Å². The predicted octanol–water partition coefficient (Wildman–Crippen LogP) is 2.32. The summed E-state index contributed by atoms with van der Waals surface area (Å²) >= 11 is 0. The van der Waals surface area contributed by atoms with Crippen LogP contribution in [0.4, 0.5) is 5.69 Å². The summed E-state index contributed by atoms with van der Waals surface area (Å²) < 4.78 is 3.13. The van der Waals surface area contributed by atoms with Crippen molar-refractivity contribution in [2.24, 2.45) is 13.0 Å². The molecule has 2 saturated heterocycles. The van der Waals surface area contributed by atoms with E-state index in [1.807, 2.05) is 24.3 Å². The number of nitrogens with zero attached hydrogens (tertiary/aromatic N) is 3. The molecule has 2 N–H and O–H groups in total. The van der Waals surface area contributed by atoms with Gasteiger partial charge in [0.05, 0.1) is 11.0 Å². The molecule has 2 fully saturated rings. The van der Waals surface area contributed by atoms with E-state index in [1.54, 1.807) is 11.6 Å². The summed E-state index contributed by atoms with van der Waals surface area (Å²) in [7, 11) is 1.74. The predicted molar refractivity (Wildman–Crippen MR) is 132 cm³/mol. The molecule has 8 nitrogen and oxygen atoms in total. The highest BCUT2D eigenvalue weighted by molar-refractivity contribution is 6.00. The number of carbonyl (C=O) groups excluding carboxylic acids is 2. The number of piperidine rings is 2. The third-order valence-corrected chi connectivity index (χ3v) is 7.18. The summed E-state index contributed by atoms with van der Waals surface area (Å²) in [5, 5.41) is 5.95. The summed E-state index contributed by atoms with van der Waals surface area (Å²) in [6.07, 6.45) is 2.83. The lowest BCUT2D eigenvalue weighted by molar-refractivity contribution is -0.135. The van der Waals surface area contributed by atoms with Gasteiger partial charge in [-0.3, -0.25) is 24.0 Å². The normalized spacial score (nSPS) is 19.6. The molecule has 2 aromatic carbocycles. The molecule has 2 aliphatic rings. The lowest BCUT2D eigenvalue weighted by Gasteiger charge is -2.34. The monoisotopic (exact) mass is 461 g/mol. The van der Waals surface area contributed by atoms with E-state index in [9.17, 15) is 14.4 Å². The first-order chi connectivity index (χ1) is 16.5. The van der Waals surface area contributed by atoms with Gasteiger partial charge in [0.15, 0.2) is 0 Å². The van der Waals surface area contributed by atoms with Crippen molar-refractivity contribution in [2.75, 3.05) is 24.5 Å². The first-order valence-corrected chi connectivity index (χ1v) is 12.1. The number of hydrogen-bond donors (Lipinski definition) is 2. The van der Waals surface area contributed by atoms with Gasteiger partial charge in [0.2, 0.25) is 11.8 Å². The average Bonchev–Trinajstić information content (AvgIpc) is 3.10. The highest BCUT2D eigenvalue weighted by Gasteiger charge is 2.31. The number of aromatic nitrogens is 2. The summed E-state index contributed by atoms with van der Waals surface area (Å²) in [4.78, 5) is 39.3. The van der Waals surface area contributed by atoms with Crippen LogP contribution in [0.5, 0.6) is 0 Å². The van der Waals surface area contributed by atoms with Gasteiger partial charge in [0.25, 0.3) is 0 Å². The van der Waals surface area contributed by atoms with Gasteiger partial charge < -0.3 is 10.2 Å². The minimum Gasteiger partial charge on any atom is -0.371 e. The highest BCUT2D eigenvalue weighted by atomic mass is 16.2. The van der Waals surface area contributed by atoms with Crippen molar-refractivity contribution in [2.45, 2.75) is 38.3 Å². The molecule has 0 saturated carbocycles. The van der Waals surface area contributed by atoms with Crippen molar-refractivity contribution in [3.63, 3.8) is 0 Å². The van der Waals surface area contributed by atoms with E-state index in [0.29, 0.717) is 12.3 Å². The SMILES string of the molecule is Cn1c(=O)n(C2CCC(=O)NC2=O)c2ccc(N3CCC(CNCc4ccccc4)CC3)cc21. The molecule has 0 radical (unpaired) electrons. The molecule has 1 aromatic heterocycles. The molecule has 34 heavy (non-hydrogen) atoms. The zero-order valence-corrected chi connectivity index (χ0v) is 19.5. The Bertz CT molecular complexity index is 1250. The van der Waals surface area contributed by atoms with Crippen molar-refractivity contribution < 1.29 is 9.59 Å². The fourth-order valence-corrected chi connectivity index (χ4v) is 5.19. The Hall–Kier alpha value is -3.39. The van der Waals surface area contributed by atoms with Crippen LogP contribution in [-0.4, -0.2) is 40.6 Å². The van der Waals surface area contributed by atoms with Crippen LogP contribution in [0.3, 0.4) is 0 Å². The van der Waals surface area contributed by atoms with Gasteiger partial charge in [-0.25, -0.2) is 4.79 Å². The van der Waals surface area contributed by atoms with Crippen LogP contribution in [0.1, 0.15) is 37.3 Å². The zero-order valence-electron chi connectivity index (χ0n) is 19.5. The Morgan fingerprint density at radius 1 is 0.971 bits per heavy atom. The number of amides is 2. The Labute approximate surface area is 198 Å². The first-order valence-electron chi connectivity index (χ1n) is 12.1. The third-order valence-electron chi connectivity index (χ3n) is 7.18. The molecule has 0 spiro atoms. The molecular formula is C26H31N5O3. The van der Waals surface area contributed by atoms with Crippen LogP contribution < -0.4 is 21.2 Å². The highest BCUT2D eigenvalue weighted by Crippen LogP contribution is 2.28. The van der Waals surface area contributed by atoms with E-state index < -0.39 is 11.9 Å². The van der Waals surface area contributed by atoms with Gasteiger partial charge in [-0.15, -0.1) is 0 Å². The smallest absolute Gasteiger partial charge is 0.329 e. The molecule has 1 atom stereocenters. The summed E-state index contributed by atoms with van der Waals surface area (Å²) in [5.74, 6) is -0.0324. The molecule has 3 aromatic rings. The number of hydrogen-bond acceptors (Lipinski definition) is 5. The fourth-order valence-electron chi connectivity index (χ4n) is 5.19. The van der Waals surface area contributed by atoms with Crippen LogP contribution in [0.25, 0.3) is 11.0 Å². The molecular weight excluding hydrogens is 430 g/mol. The summed E-state index contributed by atoms with van der Waals surface area (Å²) in [6.45, 7) is 3.87. The number of imide groups is 1. The van der Waals surface area contributed by atoms with Crippen LogP contribution in [0.15, 0.2) is 53.3 Å². The number of nitrogens with one attached hydrogen (secondary N) is 2. The number of aryl methyl sites for hydroxylation is 1. The lowest BCUT2D eigenvalue weighted by atomic mass is 9.96. The van der Waals surface area contributed by atoms with Crippen molar-refractivity contribution in [1.82, 2.24) is 19.8 Å². The molecule has 3 heterocycles. The Balaban J connectivity index is 1.25.